The number of phenols is 1. The van der Waals surface area contributed by atoms with Crippen LogP contribution in [0.25, 0.3) is 0 Å². The molecule has 1 saturated heterocycles. The average molecular weight is 494 g/mol. The smallest absolute Gasteiger partial charge is 0.165 e. The van der Waals surface area contributed by atoms with Crippen molar-refractivity contribution in [3.8, 4) is 11.5 Å². The molecule has 5 nitrogen and oxygen atoms in total. The summed E-state index contributed by atoms with van der Waals surface area (Å²) in [4.78, 5) is 2.85. The Morgan fingerprint density at radius 2 is 1.94 bits per heavy atom. The van der Waals surface area contributed by atoms with E-state index in [2.05, 4.69) is 11.0 Å². The molecule has 2 heterocycles. The van der Waals surface area contributed by atoms with Gasteiger partial charge >= 0.3 is 0 Å². The van der Waals surface area contributed by atoms with Gasteiger partial charge in [-0.15, -0.1) is 0 Å². The minimum Gasteiger partial charge on any atom is -0.504 e. The molecular weight excluding hydrogens is 450 g/mol. The molecule has 2 aliphatic heterocycles. The molecule has 2 spiro atoms. The van der Waals surface area contributed by atoms with Crippen LogP contribution in [0.3, 0.4) is 0 Å². The number of hydrogen-bond donors (Lipinski definition) is 2. The first-order chi connectivity index (χ1) is 17.5. The van der Waals surface area contributed by atoms with Crippen LogP contribution in [0.4, 0.5) is 0 Å². The molecule has 6 fully saturated rings. The number of fused-ring (bicyclic) bond motifs is 2. The Labute approximate surface area is 215 Å². The summed E-state index contributed by atoms with van der Waals surface area (Å²) in [6.07, 6.45) is 15.0. The number of aliphatic hydroxyl groups is 1. The summed E-state index contributed by atoms with van der Waals surface area (Å²) in [6, 6.07) is 4.54. The van der Waals surface area contributed by atoms with Crippen LogP contribution in [-0.2, 0) is 16.6 Å². The number of aliphatic hydroxyl groups excluding tert-OH is 1. The zero-order chi connectivity index (χ0) is 24.3. The van der Waals surface area contributed by atoms with E-state index < -0.39 is 5.60 Å². The van der Waals surface area contributed by atoms with Crippen molar-refractivity contribution in [3.63, 3.8) is 0 Å². The number of likely N-dealkylation sites (tertiary alicyclic amines) is 1. The fourth-order valence-corrected chi connectivity index (χ4v) is 10.8. The van der Waals surface area contributed by atoms with E-state index in [0.29, 0.717) is 6.04 Å². The first kappa shape index (κ1) is 22.7. The number of ether oxygens (including phenoxy) is 2. The molecule has 0 aromatic heterocycles. The molecule has 4 bridgehead atoms. The van der Waals surface area contributed by atoms with E-state index in [4.69, 9.17) is 9.47 Å². The predicted molar refractivity (Wildman–Crippen MR) is 137 cm³/mol. The second-order valence-electron chi connectivity index (χ2n) is 13.7. The minimum atomic E-state index is -0.486. The molecule has 5 heteroatoms. The molecular formula is C31H43NO4. The molecule has 0 amide bonds. The largest absolute Gasteiger partial charge is 0.504 e. The average Bonchev–Trinajstić information content (AvgIpc) is 3.40. The standard InChI is InChI=1S/C31H43NO4/c1-35-31-13-12-29(17-22(31)23(33)10-8-19-4-2-3-5-19)25-16-21-9-11-24(34)27-26(21)30(29,28(31)36-27)14-15-32(25)18-20-6-7-20/h9,11,19-20,22-23,25,28,33-34H,2-8,10,12-18H2,1H3/t22-,23+,25-,28-,29-,30+,31-/m1/s1. The van der Waals surface area contributed by atoms with E-state index in [1.807, 2.05) is 13.2 Å². The number of aromatic hydroxyl groups is 1. The maximum Gasteiger partial charge on any atom is 0.165 e. The van der Waals surface area contributed by atoms with Crippen molar-refractivity contribution in [2.24, 2.45) is 23.2 Å². The van der Waals surface area contributed by atoms with Crippen molar-refractivity contribution in [1.82, 2.24) is 4.90 Å². The molecule has 8 aliphatic rings. The van der Waals surface area contributed by atoms with Gasteiger partial charge in [0.1, 0.15) is 11.7 Å². The van der Waals surface area contributed by atoms with Crippen LogP contribution in [0.5, 0.6) is 11.5 Å². The van der Waals surface area contributed by atoms with Gasteiger partial charge in [-0.25, -0.2) is 0 Å². The van der Waals surface area contributed by atoms with Crippen LogP contribution in [0, 0.1) is 23.2 Å². The fourth-order valence-electron chi connectivity index (χ4n) is 10.8. The lowest BCUT2D eigenvalue weighted by Gasteiger charge is -2.74. The lowest BCUT2D eigenvalue weighted by molar-refractivity contribution is -0.290. The lowest BCUT2D eigenvalue weighted by Crippen LogP contribution is -2.81. The SMILES string of the molecule is CO[C@]12CC[C@@]3(C[C@@H]1[C@@H](O)CCC1CCCC1)[C@H]1Cc4ccc(O)c5c4[C@@]3(CCN1CC1CC1)[C@H]2O5. The topological polar surface area (TPSA) is 62.2 Å². The zero-order valence-electron chi connectivity index (χ0n) is 21.9. The highest BCUT2D eigenvalue weighted by Gasteiger charge is 2.81. The van der Waals surface area contributed by atoms with E-state index in [1.165, 1.54) is 56.2 Å². The monoisotopic (exact) mass is 493 g/mol. The van der Waals surface area contributed by atoms with Crippen molar-refractivity contribution >= 4 is 0 Å². The maximum atomic E-state index is 11.9. The van der Waals surface area contributed by atoms with E-state index in [0.717, 1.165) is 69.1 Å². The molecule has 1 aromatic carbocycles. The van der Waals surface area contributed by atoms with Gasteiger partial charge in [0.05, 0.1) is 6.10 Å². The maximum absolute atomic E-state index is 11.9. The van der Waals surface area contributed by atoms with E-state index >= 15 is 0 Å². The Morgan fingerprint density at radius 1 is 1.11 bits per heavy atom. The van der Waals surface area contributed by atoms with Gasteiger partial charge in [-0.05, 0) is 87.8 Å². The van der Waals surface area contributed by atoms with Gasteiger partial charge in [0, 0.05) is 42.0 Å². The molecule has 5 saturated carbocycles. The lowest BCUT2D eigenvalue weighted by atomic mass is 9.34. The molecule has 36 heavy (non-hydrogen) atoms. The van der Waals surface area contributed by atoms with Crippen LogP contribution in [0.15, 0.2) is 12.1 Å². The second-order valence-corrected chi connectivity index (χ2v) is 13.7. The van der Waals surface area contributed by atoms with Crippen molar-refractivity contribution in [2.45, 2.75) is 113 Å². The summed E-state index contributed by atoms with van der Waals surface area (Å²) in [7, 11) is 1.86. The Kier molecular flexibility index (Phi) is 4.81. The summed E-state index contributed by atoms with van der Waals surface area (Å²) < 4.78 is 13.5. The first-order valence-corrected chi connectivity index (χ1v) is 15.0. The van der Waals surface area contributed by atoms with Gasteiger partial charge in [-0.2, -0.15) is 0 Å². The third-order valence-corrected chi connectivity index (χ3v) is 12.5. The number of hydrogen-bond acceptors (Lipinski definition) is 5. The summed E-state index contributed by atoms with van der Waals surface area (Å²) in [5, 5.41) is 22.8. The molecule has 0 unspecified atom stereocenters. The number of benzene rings is 1. The highest BCUT2D eigenvalue weighted by atomic mass is 16.6. The van der Waals surface area contributed by atoms with Gasteiger partial charge in [0.15, 0.2) is 11.5 Å². The van der Waals surface area contributed by atoms with Crippen molar-refractivity contribution in [1.29, 1.82) is 0 Å². The quantitative estimate of drug-likeness (QED) is 0.563. The summed E-state index contributed by atoms with van der Waals surface area (Å²) in [5.74, 6) is 2.78. The van der Waals surface area contributed by atoms with Gasteiger partial charge in [-0.1, -0.05) is 31.7 Å². The molecule has 1 aromatic rings. The van der Waals surface area contributed by atoms with Crippen molar-refractivity contribution in [2.75, 3.05) is 20.2 Å². The Balaban J connectivity index is 1.24. The number of nitrogens with zero attached hydrogens (tertiary/aromatic N) is 1. The summed E-state index contributed by atoms with van der Waals surface area (Å²) in [6.45, 7) is 2.35. The van der Waals surface area contributed by atoms with Crippen molar-refractivity contribution in [3.05, 3.63) is 23.3 Å². The van der Waals surface area contributed by atoms with Gasteiger partial charge < -0.3 is 19.7 Å². The highest BCUT2D eigenvalue weighted by Crippen LogP contribution is 2.77. The molecule has 9 rings (SSSR count). The Bertz CT molecular complexity index is 1060. The first-order valence-electron chi connectivity index (χ1n) is 15.0. The Hall–Kier alpha value is -1.30. The summed E-state index contributed by atoms with van der Waals surface area (Å²) in [5.41, 5.74) is 2.21. The summed E-state index contributed by atoms with van der Waals surface area (Å²) >= 11 is 0. The second kappa shape index (κ2) is 7.64. The van der Waals surface area contributed by atoms with E-state index in [9.17, 15) is 10.2 Å². The van der Waals surface area contributed by atoms with E-state index in [1.54, 1.807) is 0 Å². The highest BCUT2D eigenvalue weighted by molar-refractivity contribution is 5.63. The van der Waals surface area contributed by atoms with Crippen LogP contribution in [0.2, 0.25) is 0 Å². The molecule has 0 radical (unpaired) electrons. The third kappa shape index (κ3) is 2.68. The fraction of sp³-hybridized carbons (Fsp3) is 0.806. The zero-order valence-corrected chi connectivity index (χ0v) is 21.9. The van der Waals surface area contributed by atoms with Gasteiger partial charge in [-0.3, -0.25) is 4.90 Å². The number of piperidine rings is 1. The molecule has 196 valence electrons. The van der Waals surface area contributed by atoms with Crippen LogP contribution in [-0.4, -0.2) is 59.2 Å². The minimum absolute atomic E-state index is 0.0934. The van der Waals surface area contributed by atoms with Crippen LogP contribution < -0.4 is 4.74 Å². The normalized spacial score (nSPS) is 43.4. The van der Waals surface area contributed by atoms with Crippen molar-refractivity contribution < 1.29 is 19.7 Å². The third-order valence-electron chi connectivity index (χ3n) is 12.5. The van der Waals surface area contributed by atoms with E-state index in [-0.39, 0.29) is 34.7 Å². The predicted octanol–water partition coefficient (Wildman–Crippen LogP) is 4.95. The Morgan fingerprint density at radius 3 is 2.72 bits per heavy atom. The van der Waals surface area contributed by atoms with Gasteiger partial charge in [0.2, 0.25) is 0 Å². The van der Waals surface area contributed by atoms with Crippen LogP contribution in [0.1, 0.15) is 88.2 Å². The molecule has 2 N–H and O–H groups in total. The van der Waals surface area contributed by atoms with Gasteiger partial charge in [0.25, 0.3) is 0 Å². The number of rotatable bonds is 7. The molecule has 6 aliphatic carbocycles. The number of methoxy groups -OCH3 is 1. The molecule has 7 atom stereocenters. The number of phenolic OH excluding ortho intramolecular Hbond substituents is 1. The van der Waals surface area contributed by atoms with Crippen LogP contribution >= 0.6 is 0 Å².